The zero-order chi connectivity index (χ0) is 6.57. The first kappa shape index (κ1) is 7.42. The maximum atomic E-state index is 8.00. The molecule has 0 aromatic carbocycles. The van der Waals surface area contributed by atoms with E-state index >= 15 is 0 Å². The summed E-state index contributed by atoms with van der Waals surface area (Å²) in [4.78, 5) is 0. The Morgan fingerprint density at radius 2 is 1.88 bits per heavy atom. The second-order valence-corrected chi connectivity index (χ2v) is 1.83. The summed E-state index contributed by atoms with van der Waals surface area (Å²) in [5.41, 5.74) is 0.229. The van der Waals surface area contributed by atoms with Crippen molar-refractivity contribution in [3.63, 3.8) is 0 Å². The van der Waals surface area contributed by atoms with Crippen LogP contribution in [0.15, 0.2) is 10.3 Å². The van der Waals surface area contributed by atoms with Crippen molar-refractivity contribution in [2.45, 2.75) is 6.92 Å². The molecule has 0 aromatic heterocycles. The van der Waals surface area contributed by atoms with Gasteiger partial charge in [0.15, 0.2) is 4.62 Å². The molecule has 0 atom stereocenters. The van der Waals surface area contributed by atoms with Crippen molar-refractivity contribution in [1.29, 1.82) is 0 Å². The van der Waals surface area contributed by atoms with Gasteiger partial charge in [-0.3, -0.25) is 0 Å². The van der Waals surface area contributed by atoms with Crippen molar-refractivity contribution in [2.24, 2.45) is 10.3 Å². The molecule has 46 valence electrons. The van der Waals surface area contributed by atoms with Crippen molar-refractivity contribution in [2.75, 3.05) is 0 Å². The highest BCUT2D eigenvalue weighted by molar-refractivity contribution is 9.19. The quantitative estimate of drug-likeness (QED) is 0.360. The van der Waals surface area contributed by atoms with Gasteiger partial charge in [-0.05, 0) is 22.9 Å². The van der Waals surface area contributed by atoms with Crippen molar-refractivity contribution >= 4 is 26.3 Å². The fourth-order valence-electron chi connectivity index (χ4n) is 0.114. The van der Waals surface area contributed by atoms with Crippen molar-refractivity contribution in [3.8, 4) is 0 Å². The molecule has 4 nitrogen and oxygen atoms in total. The first-order valence-corrected chi connectivity index (χ1v) is 2.58. The normalized spacial score (nSPS) is 14.2. The average molecular weight is 181 g/mol. The molecule has 0 aliphatic rings. The van der Waals surface area contributed by atoms with Crippen molar-refractivity contribution < 1.29 is 10.4 Å². The smallest absolute Gasteiger partial charge is 0.169 e. The zero-order valence-corrected chi connectivity index (χ0v) is 5.75. The molecule has 0 rings (SSSR count). The molecule has 0 aliphatic carbocycles. The minimum absolute atomic E-state index is 0.125. The topological polar surface area (TPSA) is 65.2 Å². The average Bonchev–Trinajstić information content (AvgIpc) is 1.84. The molecule has 2 N–H and O–H groups in total. The van der Waals surface area contributed by atoms with Gasteiger partial charge in [0.05, 0.1) is 0 Å². The van der Waals surface area contributed by atoms with Crippen LogP contribution < -0.4 is 0 Å². The molecule has 0 spiro atoms. The SMILES string of the molecule is CC(=N/O)/C(Br)=N\O. The Bertz CT molecular complexity index is 115. The predicted octanol–water partition coefficient (Wildman–Crippen LogP) is 1.02. The predicted molar refractivity (Wildman–Crippen MR) is 33.0 cm³/mol. The van der Waals surface area contributed by atoms with Gasteiger partial charge in [-0.15, -0.1) is 0 Å². The number of oxime groups is 2. The highest BCUT2D eigenvalue weighted by Gasteiger charge is 1.96. The largest absolute Gasteiger partial charge is 0.411 e. The van der Waals surface area contributed by atoms with Gasteiger partial charge in [0.1, 0.15) is 5.71 Å². The van der Waals surface area contributed by atoms with E-state index in [4.69, 9.17) is 10.4 Å². The molecule has 0 fully saturated rings. The monoisotopic (exact) mass is 180 g/mol. The van der Waals surface area contributed by atoms with Crippen LogP contribution in [0, 0.1) is 0 Å². The lowest BCUT2D eigenvalue weighted by Gasteiger charge is -1.86. The highest BCUT2D eigenvalue weighted by Crippen LogP contribution is 1.90. The van der Waals surface area contributed by atoms with Crippen LogP contribution in [-0.4, -0.2) is 20.7 Å². The summed E-state index contributed by atoms with van der Waals surface area (Å²) in [7, 11) is 0. The number of hydrogen-bond donors (Lipinski definition) is 2. The molecule has 0 unspecified atom stereocenters. The molecule has 0 radical (unpaired) electrons. The lowest BCUT2D eigenvalue weighted by molar-refractivity contribution is 0.315. The Morgan fingerprint density at radius 1 is 1.38 bits per heavy atom. The second-order valence-electron chi connectivity index (χ2n) is 1.08. The minimum atomic E-state index is 0.125. The van der Waals surface area contributed by atoms with E-state index in [1.807, 2.05) is 0 Å². The first-order valence-electron chi connectivity index (χ1n) is 1.79. The third-order valence-corrected chi connectivity index (χ3v) is 1.27. The van der Waals surface area contributed by atoms with Gasteiger partial charge >= 0.3 is 0 Å². The van der Waals surface area contributed by atoms with E-state index in [1.54, 1.807) is 0 Å². The van der Waals surface area contributed by atoms with Crippen LogP contribution in [-0.2, 0) is 0 Å². The summed E-state index contributed by atoms with van der Waals surface area (Å²) in [5.74, 6) is 0. The van der Waals surface area contributed by atoms with E-state index in [9.17, 15) is 0 Å². The molecular formula is C3H5BrN2O2. The molecule has 0 saturated heterocycles. The van der Waals surface area contributed by atoms with Crippen LogP contribution in [0.1, 0.15) is 6.92 Å². The Hall–Kier alpha value is -0.580. The van der Waals surface area contributed by atoms with Crippen LogP contribution in [0.2, 0.25) is 0 Å². The standard InChI is InChI=1S/C3H5BrN2O2/c1-2(5-7)3(4)6-8/h7-8H,1H3/b5-2-,6-3+. The summed E-state index contributed by atoms with van der Waals surface area (Å²) in [6.45, 7) is 1.49. The molecule has 0 bridgehead atoms. The van der Waals surface area contributed by atoms with Gasteiger partial charge in [-0.25, -0.2) is 0 Å². The van der Waals surface area contributed by atoms with Crippen LogP contribution in [0.25, 0.3) is 0 Å². The molecule has 0 saturated carbocycles. The molecule has 0 heterocycles. The van der Waals surface area contributed by atoms with Gasteiger partial charge < -0.3 is 10.4 Å². The minimum Gasteiger partial charge on any atom is -0.411 e. The first-order chi connectivity index (χ1) is 3.72. The van der Waals surface area contributed by atoms with E-state index in [1.165, 1.54) is 6.92 Å². The molecular weight excluding hydrogens is 176 g/mol. The van der Waals surface area contributed by atoms with Crippen LogP contribution in [0.3, 0.4) is 0 Å². The fraction of sp³-hybridized carbons (Fsp3) is 0.333. The van der Waals surface area contributed by atoms with E-state index in [-0.39, 0.29) is 10.3 Å². The zero-order valence-electron chi connectivity index (χ0n) is 4.17. The van der Waals surface area contributed by atoms with Gasteiger partial charge in [-0.1, -0.05) is 10.3 Å². The van der Waals surface area contributed by atoms with E-state index in [2.05, 4.69) is 26.2 Å². The Morgan fingerprint density at radius 3 is 2.00 bits per heavy atom. The number of hydrogen-bond acceptors (Lipinski definition) is 4. The summed E-state index contributed by atoms with van der Waals surface area (Å²) in [6.07, 6.45) is 0. The van der Waals surface area contributed by atoms with Crippen LogP contribution >= 0.6 is 15.9 Å². The van der Waals surface area contributed by atoms with Crippen LogP contribution in [0.4, 0.5) is 0 Å². The summed E-state index contributed by atoms with van der Waals surface area (Å²) < 4.78 is 0.125. The molecule has 0 aliphatic heterocycles. The number of halogens is 1. The number of nitrogens with zero attached hydrogens (tertiary/aromatic N) is 2. The maximum absolute atomic E-state index is 8.00. The fourth-order valence-corrected chi connectivity index (χ4v) is 0.193. The molecule has 0 aromatic rings. The van der Waals surface area contributed by atoms with E-state index in [0.717, 1.165) is 0 Å². The van der Waals surface area contributed by atoms with Gasteiger partial charge in [-0.2, -0.15) is 0 Å². The molecule has 8 heavy (non-hydrogen) atoms. The second kappa shape index (κ2) is 3.43. The van der Waals surface area contributed by atoms with Gasteiger partial charge in [0.2, 0.25) is 0 Å². The van der Waals surface area contributed by atoms with E-state index in [0.29, 0.717) is 0 Å². The van der Waals surface area contributed by atoms with Crippen molar-refractivity contribution in [1.82, 2.24) is 0 Å². The van der Waals surface area contributed by atoms with E-state index < -0.39 is 0 Å². The van der Waals surface area contributed by atoms with Gasteiger partial charge in [0.25, 0.3) is 0 Å². The van der Waals surface area contributed by atoms with Crippen LogP contribution in [0.5, 0.6) is 0 Å². The summed E-state index contributed by atoms with van der Waals surface area (Å²) in [5, 5.41) is 21.4. The van der Waals surface area contributed by atoms with Gasteiger partial charge in [0, 0.05) is 0 Å². The lowest BCUT2D eigenvalue weighted by atomic mass is 10.5. The Kier molecular flexibility index (Phi) is 3.18. The van der Waals surface area contributed by atoms with Crippen molar-refractivity contribution in [3.05, 3.63) is 0 Å². The number of rotatable bonds is 1. The Balaban J connectivity index is 4.04. The summed E-state index contributed by atoms with van der Waals surface area (Å²) in [6, 6.07) is 0. The molecule has 0 amide bonds. The summed E-state index contributed by atoms with van der Waals surface area (Å²) >= 11 is 2.81. The molecule has 5 heteroatoms. The third-order valence-electron chi connectivity index (χ3n) is 0.536. The lowest BCUT2D eigenvalue weighted by Crippen LogP contribution is -2.00. The maximum Gasteiger partial charge on any atom is 0.169 e. The Labute approximate surface area is 54.6 Å². The third kappa shape index (κ3) is 1.92. The highest BCUT2D eigenvalue weighted by atomic mass is 79.9.